The van der Waals surface area contributed by atoms with E-state index in [9.17, 15) is 8.42 Å². The van der Waals surface area contributed by atoms with E-state index >= 15 is 0 Å². The molecule has 0 atom stereocenters. The maximum Gasteiger partial charge on any atom is 0.251 e. The molecule has 0 aromatic carbocycles. The molecular weight excluding hydrogens is 296 g/mol. The van der Waals surface area contributed by atoms with E-state index in [1.54, 1.807) is 6.92 Å². The van der Waals surface area contributed by atoms with Crippen LogP contribution in [0.15, 0.2) is 4.21 Å². The summed E-state index contributed by atoms with van der Waals surface area (Å²) < 4.78 is 26.8. The Labute approximate surface area is 116 Å². The Morgan fingerprint density at radius 3 is 2.56 bits per heavy atom. The predicted molar refractivity (Wildman–Crippen MR) is 72.6 cm³/mol. The minimum atomic E-state index is -3.49. The van der Waals surface area contributed by atoms with E-state index in [4.69, 9.17) is 16.7 Å². The number of hydrogen-bond acceptors (Lipinski definition) is 5. The normalized spacial score (nSPS) is 11.9. The summed E-state index contributed by atoms with van der Waals surface area (Å²) in [6, 6.07) is 0. The van der Waals surface area contributed by atoms with Gasteiger partial charge >= 0.3 is 0 Å². The molecule has 1 heterocycles. The van der Waals surface area contributed by atoms with E-state index in [2.05, 4.69) is 9.71 Å². The molecule has 0 aliphatic heterocycles. The number of aromatic nitrogens is 1. The summed E-state index contributed by atoms with van der Waals surface area (Å²) in [5, 5.41) is 8.60. The second-order valence-electron chi connectivity index (χ2n) is 3.88. The average Bonchev–Trinajstić information content (AvgIpc) is 2.63. The first kappa shape index (κ1) is 15.8. The highest BCUT2D eigenvalue weighted by atomic mass is 35.5. The van der Waals surface area contributed by atoms with Gasteiger partial charge in [0.1, 0.15) is 0 Å². The van der Waals surface area contributed by atoms with Crippen LogP contribution in [-0.4, -0.2) is 31.7 Å². The average molecular weight is 313 g/mol. The maximum atomic E-state index is 11.9. The Balaban J connectivity index is 2.43. The van der Waals surface area contributed by atoms with Gasteiger partial charge in [-0.25, -0.2) is 18.1 Å². The van der Waals surface area contributed by atoms with Crippen LogP contribution in [0.3, 0.4) is 0 Å². The van der Waals surface area contributed by atoms with Crippen LogP contribution < -0.4 is 4.72 Å². The van der Waals surface area contributed by atoms with E-state index in [0.29, 0.717) is 12.2 Å². The molecular formula is C10H17ClN2O3S2. The highest BCUT2D eigenvalue weighted by molar-refractivity contribution is 7.91. The van der Waals surface area contributed by atoms with Crippen molar-refractivity contribution < 1.29 is 13.5 Å². The number of aryl methyl sites for hydroxylation is 1. The van der Waals surface area contributed by atoms with Gasteiger partial charge < -0.3 is 5.11 Å². The molecule has 0 radical (unpaired) electrons. The molecule has 5 nitrogen and oxygen atoms in total. The minimum absolute atomic E-state index is 0.183. The number of nitrogens with one attached hydrogen (secondary N) is 1. The zero-order chi connectivity index (χ0) is 13.6. The topological polar surface area (TPSA) is 79.3 Å². The third kappa shape index (κ3) is 4.81. The maximum absolute atomic E-state index is 11.9. The van der Waals surface area contributed by atoms with E-state index in [-0.39, 0.29) is 15.3 Å². The van der Waals surface area contributed by atoms with E-state index < -0.39 is 10.0 Å². The fraction of sp³-hybridized carbons (Fsp3) is 0.700. The summed E-state index contributed by atoms with van der Waals surface area (Å²) in [6.45, 7) is 2.20. The molecule has 1 rings (SSSR count). The zero-order valence-electron chi connectivity index (χ0n) is 10.1. The van der Waals surface area contributed by atoms with Gasteiger partial charge in [-0.15, -0.1) is 0 Å². The third-order valence-corrected chi connectivity index (χ3v) is 5.68. The summed E-state index contributed by atoms with van der Waals surface area (Å²) in [5.74, 6) is 0. The van der Waals surface area contributed by atoms with E-state index in [0.717, 1.165) is 37.0 Å². The largest absolute Gasteiger partial charge is 0.396 e. The van der Waals surface area contributed by atoms with Crippen LogP contribution in [0.5, 0.6) is 0 Å². The zero-order valence-corrected chi connectivity index (χ0v) is 12.5. The van der Waals surface area contributed by atoms with Gasteiger partial charge in [-0.1, -0.05) is 35.8 Å². The van der Waals surface area contributed by atoms with Gasteiger partial charge in [0.15, 0.2) is 8.68 Å². The predicted octanol–water partition coefficient (Wildman–Crippen LogP) is 1.94. The number of unbranched alkanes of at least 4 members (excludes halogenated alkanes) is 3. The fourth-order valence-electron chi connectivity index (χ4n) is 1.46. The van der Waals surface area contributed by atoms with E-state index in [1.807, 2.05) is 0 Å². The Bertz CT molecular complexity index is 473. The standard InChI is InChI=1S/C10H17ClN2O3S2/c1-8-9(17-10(11)13-8)18(15,16)12-6-4-2-3-5-7-14/h12,14H,2-7H2,1H3. The van der Waals surface area contributed by atoms with Crippen LogP contribution in [-0.2, 0) is 10.0 Å². The van der Waals surface area contributed by atoms with Crippen LogP contribution in [0.2, 0.25) is 4.47 Å². The van der Waals surface area contributed by atoms with Crippen molar-refractivity contribution in [3.63, 3.8) is 0 Å². The lowest BCUT2D eigenvalue weighted by molar-refractivity contribution is 0.282. The molecule has 1 aromatic heterocycles. The second-order valence-corrected chi connectivity index (χ2v) is 7.42. The molecule has 0 saturated carbocycles. The second kappa shape index (κ2) is 7.40. The van der Waals surface area contributed by atoms with Crippen LogP contribution >= 0.6 is 22.9 Å². The molecule has 8 heteroatoms. The summed E-state index contributed by atoms with van der Waals surface area (Å²) in [7, 11) is -3.49. The Morgan fingerprint density at radius 1 is 1.33 bits per heavy atom. The first-order valence-electron chi connectivity index (χ1n) is 5.71. The van der Waals surface area contributed by atoms with Crippen LogP contribution in [0.25, 0.3) is 0 Å². The molecule has 0 fully saturated rings. The Morgan fingerprint density at radius 2 is 2.00 bits per heavy atom. The van der Waals surface area contributed by atoms with E-state index in [1.165, 1.54) is 0 Å². The Kier molecular flexibility index (Phi) is 6.51. The van der Waals surface area contributed by atoms with Crippen molar-refractivity contribution in [1.29, 1.82) is 0 Å². The third-order valence-electron chi connectivity index (χ3n) is 2.35. The van der Waals surface area contributed by atoms with Crippen molar-refractivity contribution in [2.75, 3.05) is 13.2 Å². The van der Waals surface area contributed by atoms with Gasteiger partial charge in [0, 0.05) is 13.2 Å². The van der Waals surface area contributed by atoms with Crippen molar-refractivity contribution in [2.45, 2.75) is 36.8 Å². The lowest BCUT2D eigenvalue weighted by atomic mass is 10.2. The van der Waals surface area contributed by atoms with Crippen LogP contribution in [0.1, 0.15) is 31.4 Å². The number of sulfonamides is 1. The van der Waals surface area contributed by atoms with Gasteiger partial charge in [-0.3, -0.25) is 0 Å². The molecule has 0 amide bonds. The molecule has 0 bridgehead atoms. The fourth-order valence-corrected chi connectivity index (χ4v) is 4.32. The van der Waals surface area contributed by atoms with Crippen molar-refractivity contribution >= 4 is 33.0 Å². The molecule has 0 aliphatic carbocycles. The molecule has 2 N–H and O–H groups in total. The summed E-state index contributed by atoms with van der Waals surface area (Å²) in [6.07, 6.45) is 3.32. The van der Waals surface area contributed by atoms with Gasteiger partial charge in [-0.05, 0) is 19.8 Å². The molecule has 104 valence electrons. The van der Waals surface area contributed by atoms with Gasteiger partial charge in [0.05, 0.1) is 5.69 Å². The molecule has 0 saturated heterocycles. The van der Waals surface area contributed by atoms with Crippen molar-refractivity contribution in [1.82, 2.24) is 9.71 Å². The number of aliphatic hydroxyl groups excluding tert-OH is 1. The quantitative estimate of drug-likeness (QED) is 0.719. The first-order chi connectivity index (χ1) is 8.47. The molecule has 0 aliphatic rings. The van der Waals surface area contributed by atoms with Gasteiger partial charge in [-0.2, -0.15) is 0 Å². The number of nitrogens with zero attached hydrogens (tertiary/aromatic N) is 1. The monoisotopic (exact) mass is 312 g/mol. The highest BCUT2D eigenvalue weighted by Gasteiger charge is 2.20. The lowest BCUT2D eigenvalue weighted by Gasteiger charge is -2.04. The summed E-state index contributed by atoms with van der Waals surface area (Å²) in [5.41, 5.74) is 0.429. The first-order valence-corrected chi connectivity index (χ1v) is 8.38. The minimum Gasteiger partial charge on any atom is -0.396 e. The van der Waals surface area contributed by atoms with Gasteiger partial charge in [0.2, 0.25) is 0 Å². The highest BCUT2D eigenvalue weighted by Crippen LogP contribution is 2.26. The number of aliphatic hydroxyl groups is 1. The van der Waals surface area contributed by atoms with Crippen LogP contribution in [0.4, 0.5) is 0 Å². The summed E-state index contributed by atoms with van der Waals surface area (Å²) >= 11 is 6.65. The molecule has 1 aromatic rings. The number of thiazole rings is 1. The summed E-state index contributed by atoms with van der Waals surface area (Å²) in [4.78, 5) is 3.88. The van der Waals surface area contributed by atoms with Crippen molar-refractivity contribution in [3.05, 3.63) is 10.2 Å². The number of halogens is 1. The van der Waals surface area contributed by atoms with Crippen LogP contribution in [0, 0.1) is 6.92 Å². The van der Waals surface area contributed by atoms with Crippen molar-refractivity contribution in [2.24, 2.45) is 0 Å². The van der Waals surface area contributed by atoms with Crippen molar-refractivity contribution in [3.8, 4) is 0 Å². The van der Waals surface area contributed by atoms with Gasteiger partial charge in [0.25, 0.3) is 10.0 Å². The SMILES string of the molecule is Cc1nc(Cl)sc1S(=O)(=O)NCCCCCCO. The number of hydrogen-bond donors (Lipinski definition) is 2. The smallest absolute Gasteiger partial charge is 0.251 e. The molecule has 0 spiro atoms. The molecule has 0 unspecified atom stereocenters. The lowest BCUT2D eigenvalue weighted by Crippen LogP contribution is -2.24. The number of rotatable bonds is 8. The Hall–Kier alpha value is -0.210. The molecule has 18 heavy (non-hydrogen) atoms.